The molecule has 1 heterocycles. The minimum atomic E-state index is -3.12. The maximum atomic E-state index is 11.3. The van der Waals surface area contributed by atoms with Gasteiger partial charge in [-0.3, -0.25) is 4.98 Å². The summed E-state index contributed by atoms with van der Waals surface area (Å²) in [4.78, 5) is 4.38. The van der Waals surface area contributed by atoms with Gasteiger partial charge in [-0.1, -0.05) is 12.1 Å². The normalized spacial score (nSPS) is 11.3. The minimum Gasteiger partial charge on any atom is -0.381 e. The summed E-state index contributed by atoms with van der Waals surface area (Å²) in [5.41, 5.74) is 3.14. The lowest BCUT2D eigenvalue weighted by molar-refractivity contribution is 0.602. The molecule has 2 aromatic rings. The second-order valence-corrected chi connectivity index (χ2v) is 6.48. The number of aryl methyl sites for hydroxylation is 1. The van der Waals surface area contributed by atoms with Crippen LogP contribution in [-0.2, 0) is 16.4 Å². The zero-order valence-electron chi connectivity index (χ0n) is 10.9. The minimum absolute atomic E-state index is 0.344. The Morgan fingerprint density at radius 3 is 2.42 bits per heavy atom. The standard InChI is InChI=1S/C14H16N2O2S/c1-11-9-15-8-7-14(11)16-10-12-3-5-13(6-4-12)19(2,17)18/h3-9H,10H2,1-2H3,(H,15,16). The van der Waals surface area contributed by atoms with Crippen LogP contribution in [0.2, 0.25) is 0 Å². The van der Waals surface area contributed by atoms with Gasteiger partial charge < -0.3 is 5.32 Å². The van der Waals surface area contributed by atoms with E-state index in [-0.39, 0.29) is 0 Å². The van der Waals surface area contributed by atoms with Crippen molar-refractivity contribution in [2.45, 2.75) is 18.4 Å². The van der Waals surface area contributed by atoms with E-state index in [1.54, 1.807) is 24.5 Å². The highest BCUT2D eigenvalue weighted by molar-refractivity contribution is 7.90. The number of nitrogens with one attached hydrogen (secondary N) is 1. The molecule has 0 radical (unpaired) electrons. The third-order valence-electron chi connectivity index (χ3n) is 2.85. The molecule has 0 aliphatic rings. The van der Waals surface area contributed by atoms with Gasteiger partial charge in [-0.25, -0.2) is 8.42 Å². The van der Waals surface area contributed by atoms with Crippen molar-refractivity contribution in [1.29, 1.82) is 0 Å². The van der Waals surface area contributed by atoms with Crippen molar-refractivity contribution in [1.82, 2.24) is 4.98 Å². The number of aromatic nitrogens is 1. The molecule has 0 atom stereocenters. The number of pyridine rings is 1. The molecule has 4 nitrogen and oxygen atoms in total. The summed E-state index contributed by atoms with van der Waals surface area (Å²) >= 11 is 0. The number of nitrogens with zero attached hydrogens (tertiary/aromatic N) is 1. The molecule has 0 amide bonds. The van der Waals surface area contributed by atoms with Crippen molar-refractivity contribution in [3.8, 4) is 0 Å². The summed E-state index contributed by atoms with van der Waals surface area (Å²) in [5.74, 6) is 0. The van der Waals surface area contributed by atoms with Gasteiger partial charge in [0.05, 0.1) is 4.90 Å². The summed E-state index contributed by atoms with van der Waals surface area (Å²) in [6.45, 7) is 2.64. The smallest absolute Gasteiger partial charge is 0.175 e. The maximum Gasteiger partial charge on any atom is 0.175 e. The molecule has 0 spiro atoms. The number of benzene rings is 1. The van der Waals surface area contributed by atoms with Gasteiger partial charge in [-0.15, -0.1) is 0 Å². The number of hydrogen-bond acceptors (Lipinski definition) is 4. The molecule has 1 N–H and O–H groups in total. The quantitative estimate of drug-likeness (QED) is 0.931. The Balaban J connectivity index is 2.07. The van der Waals surface area contributed by atoms with E-state index in [0.717, 1.165) is 16.8 Å². The van der Waals surface area contributed by atoms with Crippen molar-refractivity contribution in [3.05, 3.63) is 53.9 Å². The van der Waals surface area contributed by atoms with Gasteiger partial charge in [-0.2, -0.15) is 0 Å². The predicted octanol–water partition coefficient (Wildman–Crippen LogP) is 2.41. The Morgan fingerprint density at radius 2 is 1.84 bits per heavy atom. The van der Waals surface area contributed by atoms with Crippen molar-refractivity contribution >= 4 is 15.5 Å². The molecule has 0 fully saturated rings. The number of anilines is 1. The molecule has 0 unspecified atom stereocenters. The highest BCUT2D eigenvalue weighted by Crippen LogP contribution is 2.15. The van der Waals surface area contributed by atoms with E-state index in [9.17, 15) is 8.42 Å². The molecular formula is C14H16N2O2S. The number of hydrogen-bond donors (Lipinski definition) is 1. The third-order valence-corrected chi connectivity index (χ3v) is 3.98. The lowest BCUT2D eigenvalue weighted by Gasteiger charge is -2.09. The van der Waals surface area contributed by atoms with Crippen LogP contribution in [0.3, 0.4) is 0 Å². The van der Waals surface area contributed by atoms with E-state index in [1.165, 1.54) is 6.26 Å². The van der Waals surface area contributed by atoms with Gasteiger partial charge in [0.15, 0.2) is 9.84 Å². The molecule has 0 aliphatic carbocycles. The van der Waals surface area contributed by atoms with Crippen LogP contribution in [-0.4, -0.2) is 19.7 Å². The zero-order chi connectivity index (χ0) is 13.9. The maximum absolute atomic E-state index is 11.3. The molecular weight excluding hydrogens is 260 g/mol. The van der Waals surface area contributed by atoms with Crippen molar-refractivity contribution in [2.24, 2.45) is 0 Å². The fraction of sp³-hybridized carbons (Fsp3) is 0.214. The first-order valence-corrected chi connectivity index (χ1v) is 7.79. The lowest BCUT2D eigenvalue weighted by Crippen LogP contribution is -2.02. The fourth-order valence-corrected chi connectivity index (χ4v) is 2.35. The van der Waals surface area contributed by atoms with E-state index in [2.05, 4.69) is 10.3 Å². The van der Waals surface area contributed by atoms with Crippen LogP contribution >= 0.6 is 0 Å². The van der Waals surface area contributed by atoms with Gasteiger partial charge in [0.2, 0.25) is 0 Å². The molecule has 1 aromatic carbocycles. The van der Waals surface area contributed by atoms with Crippen LogP contribution in [0, 0.1) is 6.92 Å². The Kier molecular flexibility index (Phi) is 3.85. The topological polar surface area (TPSA) is 59.1 Å². The van der Waals surface area contributed by atoms with E-state index in [4.69, 9.17) is 0 Å². The third kappa shape index (κ3) is 3.54. The van der Waals surface area contributed by atoms with E-state index in [1.807, 2.05) is 25.1 Å². The summed E-state index contributed by atoms with van der Waals surface area (Å²) < 4.78 is 22.7. The molecule has 2 rings (SSSR count). The average Bonchev–Trinajstić information content (AvgIpc) is 2.37. The predicted molar refractivity (Wildman–Crippen MR) is 75.9 cm³/mol. The molecule has 0 aliphatic heterocycles. The van der Waals surface area contributed by atoms with Crippen molar-refractivity contribution in [3.63, 3.8) is 0 Å². The van der Waals surface area contributed by atoms with Crippen LogP contribution in [0.25, 0.3) is 0 Å². The second kappa shape index (κ2) is 5.40. The largest absolute Gasteiger partial charge is 0.381 e. The van der Waals surface area contributed by atoms with E-state index in [0.29, 0.717) is 11.4 Å². The van der Waals surface area contributed by atoms with Crippen LogP contribution in [0.15, 0.2) is 47.6 Å². The van der Waals surface area contributed by atoms with Crippen LogP contribution in [0.5, 0.6) is 0 Å². The van der Waals surface area contributed by atoms with Gasteiger partial charge in [0.1, 0.15) is 0 Å². The molecule has 19 heavy (non-hydrogen) atoms. The van der Waals surface area contributed by atoms with Gasteiger partial charge in [0.25, 0.3) is 0 Å². The molecule has 0 saturated heterocycles. The lowest BCUT2D eigenvalue weighted by atomic mass is 10.2. The highest BCUT2D eigenvalue weighted by Gasteiger charge is 2.06. The second-order valence-electron chi connectivity index (χ2n) is 4.46. The monoisotopic (exact) mass is 276 g/mol. The number of sulfone groups is 1. The Bertz CT molecular complexity index is 664. The van der Waals surface area contributed by atoms with Crippen LogP contribution < -0.4 is 5.32 Å². The zero-order valence-corrected chi connectivity index (χ0v) is 11.7. The summed E-state index contributed by atoms with van der Waals surface area (Å²) in [6.07, 6.45) is 4.75. The summed E-state index contributed by atoms with van der Waals surface area (Å²) in [5, 5.41) is 3.30. The van der Waals surface area contributed by atoms with E-state index >= 15 is 0 Å². The Hall–Kier alpha value is -1.88. The summed E-state index contributed by atoms with van der Waals surface area (Å²) in [7, 11) is -3.12. The first kappa shape index (κ1) is 13.5. The Morgan fingerprint density at radius 1 is 1.16 bits per heavy atom. The van der Waals surface area contributed by atoms with Crippen LogP contribution in [0.1, 0.15) is 11.1 Å². The molecule has 0 saturated carbocycles. The summed E-state index contributed by atoms with van der Waals surface area (Å²) in [6, 6.07) is 8.82. The highest BCUT2D eigenvalue weighted by atomic mass is 32.2. The van der Waals surface area contributed by atoms with Crippen LogP contribution in [0.4, 0.5) is 5.69 Å². The van der Waals surface area contributed by atoms with Gasteiger partial charge in [-0.05, 0) is 36.2 Å². The SMILES string of the molecule is Cc1cnccc1NCc1ccc(S(C)(=O)=O)cc1. The number of rotatable bonds is 4. The molecule has 100 valence electrons. The Labute approximate surface area is 113 Å². The van der Waals surface area contributed by atoms with Gasteiger partial charge in [0, 0.05) is 30.9 Å². The van der Waals surface area contributed by atoms with Crippen molar-refractivity contribution in [2.75, 3.05) is 11.6 Å². The molecule has 5 heteroatoms. The first-order chi connectivity index (χ1) is 8.97. The average molecular weight is 276 g/mol. The molecule has 0 bridgehead atoms. The molecule has 1 aromatic heterocycles. The fourth-order valence-electron chi connectivity index (χ4n) is 1.72. The van der Waals surface area contributed by atoms with Gasteiger partial charge >= 0.3 is 0 Å². The first-order valence-electron chi connectivity index (χ1n) is 5.90. The van der Waals surface area contributed by atoms with Crippen molar-refractivity contribution < 1.29 is 8.42 Å². The van der Waals surface area contributed by atoms with E-state index < -0.39 is 9.84 Å².